The maximum Gasteiger partial charge on any atom is 0.186 e. The van der Waals surface area contributed by atoms with E-state index in [2.05, 4.69) is 31.8 Å². The molecule has 9 heteroatoms. The molecule has 4 N–H and O–H groups in total. The number of aliphatic hydroxyl groups is 4. The molecule has 0 saturated carbocycles. The van der Waals surface area contributed by atoms with E-state index in [0.29, 0.717) is 6.61 Å². The minimum Gasteiger partial charge on any atom is -0.394 e. The van der Waals surface area contributed by atoms with E-state index in [9.17, 15) is 15.3 Å². The van der Waals surface area contributed by atoms with Crippen LogP contribution in [0.1, 0.15) is 6.42 Å². The average molecular weight is 359 g/mol. The number of ether oxygens (including phenoxy) is 2. The molecular formula is C12H26O6S2Si. The summed E-state index contributed by atoms with van der Waals surface area (Å²) in [6.07, 6.45) is -5.26. The second-order valence-corrected chi connectivity index (χ2v) is 12.4. The third-order valence-corrected chi connectivity index (χ3v) is 11.5. The molecule has 0 bridgehead atoms. The van der Waals surface area contributed by atoms with Crippen molar-refractivity contribution < 1.29 is 29.9 Å². The molecule has 1 heterocycles. The van der Waals surface area contributed by atoms with Crippen LogP contribution >= 0.6 is 25.3 Å². The van der Waals surface area contributed by atoms with Crippen LogP contribution in [-0.4, -0.2) is 83.2 Å². The molecule has 1 aliphatic heterocycles. The lowest BCUT2D eigenvalue weighted by Gasteiger charge is -2.39. The maximum absolute atomic E-state index is 9.82. The Morgan fingerprint density at radius 1 is 1.10 bits per heavy atom. The molecule has 0 aliphatic carbocycles. The standard InChI is InChI=1S/C12H26O6S2Si/c1-21(6-19,7-20)4-2-3-17-12-11(16)10(15)9(14)8(5-13)18-12/h8-16,19-20H,2-7H2,1H3/t8-,9-,10+,11-,12-/m1/s1. The van der Waals surface area contributed by atoms with Crippen molar-refractivity contribution in [2.24, 2.45) is 0 Å². The molecule has 0 amide bonds. The van der Waals surface area contributed by atoms with E-state index >= 15 is 0 Å². The van der Waals surface area contributed by atoms with Crippen molar-refractivity contribution in [2.45, 2.75) is 49.7 Å². The van der Waals surface area contributed by atoms with E-state index in [4.69, 9.17) is 14.6 Å². The summed E-state index contributed by atoms with van der Waals surface area (Å²) in [6, 6.07) is 0.997. The molecule has 1 rings (SSSR count). The first-order valence-corrected chi connectivity index (χ1v) is 11.4. The summed E-state index contributed by atoms with van der Waals surface area (Å²) in [5.74, 6) is 0. The Hall–Kier alpha value is 0.677. The smallest absolute Gasteiger partial charge is 0.186 e. The average Bonchev–Trinajstić information content (AvgIpc) is 2.50. The second kappa shape index (κ2) is 9.09. The van der Waals surface area contributed by atoms with Crippen LogP contribution in [0, 0.1) is 0 Å². The lowest BCUT2D eigenvalue weighted by atomic mass is 9.99. The summed E-state index contributed by atoms with van der Waals surface area (Å²) in [4.78, 5) is 0. The molecule has 0 spiro atoms. The molecule has 21 heavy (non-hydrogen) atoms. The second-order valence-electron chi connectivity index (χ2n) is 5.80. The number of thiol groups is 2. The topological polar surface area (TPSA) is 99.4 Å². The van der Waals surface area contributed by atoms with E-state index in [1.54, 1.807) is 0 Å². The first-order valence-electron chi connectivity index (χ1n) is 7.02. The quantitative estimate of drug-likeness (QED) is 0.193. The number of aliphatic hydroxyl groups excluding tert-OH is 4. The van der Waals surface area contributed by atoms with Gasteiger partial charge in [-0.05, 0) is 17.2 Å². The zero-order valence-corrected chi connectivity index (χ0v) is 14.9. The summed E-state index contributed by atoms with van der Waals surface area (Å²) >= 11 is 8.73. The molecule has 0 unspecified atom stereocenters. The van der Waals surface area contributed by atoms with Gasteiger partial charge in [0.15, 0.2) is 6.29 Å². The summed E-state index contributed by atoms with van der Waals surface area (Å²) < 4.78 is 10.7. The molecule has 1 saturated heterocycles. The zero-order chi connectivity index (χ0) is 16.0. The zero-order valence-electron chi connectivity index (χ0n) is 12.1. The monoisotopic (exact) mass is 358 g/mol. The third kappa shape index (κ3) is 5.36. The van der Waals surface area contributed by atoms with Crippen LogP contribution in [0.4, 0.5) is 0 Å². The Morgan fingerprint density at radius 2 is 1.71 bits per heavy atom. The van der Waals surface area contributed by atoms with Crippen LogP contribution < -0.4 is 0 Å². The van der Waals surface area contributed by atoms with Gasteiger partial charge in [-0.1, -0.05) is 12.6 Å². The van der Waals surface area contributed by atoms with Crippen LogP contribution in [0.5, 0.6) is 0 Å². The Morgan fingerprint density at radius 3 is 2.24 bits per heavy atom. The van der Waals surface area contributed by atoms with Gasteiger partial charge in [0.05, 0.1) is 14.7 Å². The SMILES string of the molecule is C[Si](CS)(CS)CCCO[C@@H]1O[C@H](CO)[C@@H](O)[C@H](O)[C@H]1O. The normalized spacial score (nSPS) is 34.1. The molecule has 0 aromatic heterocycles. The van der Waals surface area contributed by atoms with Crippen LogP contribution in [0.15, 0.2) is 0 Å². The van der Waals surface area contributed by atoms with E-state index < -0.39 is 45.4 Å². The fraction of sp³-hybridized carbons (Fsp3) is 1.00. The van der Waals surface area contributed by atoms with Crippen molar-refractivity contribution in [3.63, 3.8) is 0 Å². The van der Waals surface area contributed by atoms with Gasteiger partial charge in [0.1, 0.15) is 24.4 Å². The third-order valence-electron chi connectivity index (χ3n) is 3.82. The van der Waals surface area contributed by atoms with Crippen molar-refractivity contribution >= 4 is 33.3 Å². The highest BCUT2D eigenvalue weighted by Crippen LogP contribution is 2.23. The van der Waals surface area contributed by atoms with Crippen molar-refractivity contribution in [1.29, 1.82) is 0 Å². The fourth-order valence-corrected chi connectivity index (χ4v) is 5.67. The summed E-state index contributed by atoms with van der Waals surface area (Å²) in [7, 11) is -1.43. The summed E-state index contributed by atoms with van der Waals surface area (Å²) in [6.45, 7) is 2.14. The minimum atomic E-state index is -1.43. The van der Waals surface area contributed by atoms with Gasteiger partial charge in [-0.3, -0.25) is 0 Å². The molecule has 0 aromatic rings. The van der Waals surface area contributed by atoms with Gasteiger partial charge in [-0.15, -0.1) is 0 Å². The summed E-state index contributed by atoms with van der Waals surface area (Å²) in [5.41, 5.74) is 0. The molecule has 1 fully saturated rings. The number of hydrogen-bond acceptors (Lipinski definition) is 8. The van der Waals surface area contributed by atoms with Gasteiger partial charge in [0.25, 0.3) is 0 Å². The van der Waals surface area contributed by atoms with E-state index in [0.717, 1.165) is 23.2 Å². The highest BCUT2D eigenvalue weighted by molar-refractivity contribution is 7.85. The van der Waals surface area contributed by atoms with E-state index in [-0.39, 0.29) is 0 Å². The van der Waals surface area contributed by atoms with Gasteiger partial charge in [0, 0.05) is 6.61 Å². The highest BCUT2D eigenvalue weighted by Gasteiger charge is 2.43. The molecule has 1 aliphatic rings. The molecule has 0 aromatic carbocycles. The molecule has 6 nitrogen and oxygen atoms in total. The lowest BCUT2D eigenvalue weighted by Crippen LogP contribution is -2.59. The van der Waals surface area contributed by atoms with Gasteiger partial charge in [0.2, 0.25) is 0 Å². The first kappa shape index (κ1) is 19.7. The van der Waals surface area contributed by atoms with Crippen molar-refractivity contribution in [1.82, 2.24) is 0 Å². The number of rotatable bonds is 8. The van der Waals surface area contributed by atoms with Crippen LogP contribution in [-0.2, 0) is 9.47 Å². The predicted molar refractivity (Wildman–Crippen MR) is 88.5 cm³/mol. The Labute approximate surface area is 137 Å². The maximum atomic E-state index is 9.82. The van der Waals surface area contributed by atoms with Gasteiger partial charge in [-0.2, -0.15) is 25.3 Å². The summed E-state index contributed by atoms with van der Waals surface area (Å²) in [5, 5.41) is 39.9. The highest BCUT2D eigenvalue weighted by atomic mass is 32.1. The fourth-order valence-electron chi connectivity index (χ4n) is 2.11. The van der Waals surface area contributed by atoms with Gasteiger partial charge in [-0.25, -0.2) is 0 Å². The molecule has 0 radical (unpaired) electrons. The molecule has 126 valence electrons. The predicted octanol–water partition coefficient (Wildman–Crippen LogP) is -0.790. The van der Waals surface area contributed by atoms with Crippen molar-refractivity contribution in [2.75, 3.05) is 24.0 Å². The molecular weight excluding hydrogens is 332 g/mol. The Kier molecular flexibility index (Phi) is 8.54. The van der Waals surface area contributed by atoms with E-state index in [1.807, 2.05) is 0 Å². The number of hydrogen-bond donors (Lipinski definition) is 6. The molecule has 5 atom stereocenters. The van der Waals surface area contributed by atoms with Crippen molar-refractivity contribution in [3.8, 4) is 0 Å². The van der Waals surface area contributed by atoms with Crippen molar-refractivity contribution in [3.05, 3.63) is 0 Å². The minimum absolute atomic E-state index is 0.368. The Bertz CT molecular complexity index is 305. The largest absolute Gasteiger partial charge is 0.394 e. The Balaban J connectivity index is 2.40. The first-order chi connectivity index (χ1) is 9.88. The van der Waals surface area contributed by atoms with Crippen LogP contribution in [0.2, 0.25) is 12.6 Å². The lowest BCUT2D eigenvalue weighted by molar-refractivity contribution is -0.300. The van der Waals surface area contributed by atoms with Gasteiger partial charge < -0.3 is 29.9 Å². The van der Waals surface area contributed by atoms with Gasteiger partial charge >= 0.3 is 0 Å². The van der Waals surface area contributed by atoms with Crippen LogP contribution in [0.25, 0.3) is 0 Å². The van der Waals surface area contributed by atoms with Crippen LogP contribution in [0.3, 0.4) is 0 Å². The van der Waals surface area contributed by atoms with E-state index in [1.165, 1.54) is 0 Å².